The van der Waals surface area contributed by atoms with Crippen LogP contribution in [0.2, 0.25) is 0 Å². The molecule has 0 unspecified atom stereocenters. The van der Waals surface area contributed by atoms with Crippen LogP contribution in [-0.2, 0) is 6.42 Å². The molecule has 0 aliphatic rings. The molecule has 1 aromatic heterocycles. The summed E-state index contributed by atoms with van der Waals surface area (Å²) in [6.07, 6.45) is 2.63. The Morgan fingerprint density at radius 3 is 2.75 bits per heavy atom. The second-order valence-corrected chi connectivity index (χ2v) is 6.65. The SMILES string of the molecule is C[CH]c1ccc(-c2ccccc2Cc2nc(=O)o[nH]2)c(SCC)c1. The summed E-state index contributed by atoms with van der Waals surface area (Å²) >= 11 is 1.83. The molecular formula is C19H19N2O2S. The fourth-order valence-corrected chi connectivity index (χ4v) is 3.53. The Kier molecular flexibility index (Phi) is 5.20. The predicted molar refractivity (Wildman–Crippen MR) is 97.3 cm³/mol. The van der Waals surface area contributed by atoms with E-state index in [4.69, 9.17) is 0 Å². The van der Waals surface area contributed by atoms with E-state index in [1.807, 2.05) is 30.8 Å². The molecule has 3 aromatic rings. The minimum atomic E-state index is -0.590. The normalized spacial score (nSPS) is 10.9. The zero-order chi connectivity index (χ0) is 16.9. The average Bonchev–Trinajstić information content (AvgIpc) is 3.01. The molecule has 0 saturated carbocycles. The molecule has 0 bridgehead atoms. The molecule has 1 radical (unpaired) electrons. The number of hydrogen-bond donors (Lipinski definition) is 1. The topological polar surface area (TPSA) is 58.9 Å². The summed E-state index contributed by atoms with van der Waals surface area (Å²) in [6.45, 7) is 4.20. The average molecular weight is 339 g/mol. The van der Waals surface area contributed by atoms with Crippen LogP contribution in [0.1, 0.15) is 30.8 Å². The molecule has 4 nitrogen and oxygen atoms in total. The lowest BCUT2D eigenvalue weighted by atomic mass is 9.96. The van der Waals surface area contributed by atoms with E-state index in [2.05, 4.69) is 58.3 Å². The van der Waals surface area contributed by atoms with E-state index in [1.165, 1.54) is 16.0 Å². The molecule has 3 rings (SSSR count). The molecule has 5 heteroatoms. The van der Waals surface area contributed by atoms with Gasteiger partial charge in [-0.25, -0.2) is 9.95 Å². The number of rotatable bonds is 6. The smallest absolute Gasteiger partial charge is 0.321 e. The largest absolute Gasteiger partial charge is 0.459 e. The van der Waals surface area contributed by atoms with Crippen molar-refractivity contribution in [3.05, 3.63) is 76.4 Å². The first-order valence-corrected chi connectivity index (χ1v) is 8.88. The molecule has 0 aliphatic heterocycles. The van der Waals surface area contributed by atoms with Gasteiger partial charge in [0, 0.05) is 11.3 Å². The fraction of sp³-hybridized carbons (Fsp3) is 0.211. The van der Waals surface area contributed by atoms with Crippen LogP contribution in [0, 0.1) is 6.42 Å². The minimum Gasteiger partial charge on any atom is -0.321 e. The number of aromatic amines is 1. The van der Waals surface area contributed by atoms with E-state index in [-0.39, 0.29) is 0 Å². The van der Waals surface area contributed by atoms with Crippen LogP contribution in [0.5, 0.6) is 0 Å². The highest BCUT2D eigenvalue weighted by atomic mass is 32.2. The van der Waals surface area contributed by atoms with Gasteiger partial charge >= 0.3 is 5.76 Å². The molecule has 2 aromatic carbocycles. The summed E-state index contributed by atoms with van der Waals surface area (Å²) in [5.41, 5.74) is 4.68. The van der Waals surface area contributed by atoms with Gasteiger partial charge in [-0.05, 0) is 40.5 Å². The van der Waals surface area contributed by atoms with E-state index in [0.717, 1.165) is 16.9 Å². The van der Waals surface area contributed by atoms with Crippen LogP contribution in [-0.4, -0.2) is 15.9 Å². The van der Waals surface area contributed by atoms with Crippen LogP contribution < -0.4 is 5.76 Å². The van der Waals surface area contributed by atoms with Crippen LogP contribution in [0.15, 0.2) is 56.7 Å². The first-order chi connectivity index (χ1) is 11.7. The summed E-state index contributed by atoms with van der Waals surface area (Å²) in [4.78, 5) is 16.2. The number of benzene rings is 2. The van der Waals surface area contributed by atoms with Crippen molar-refractivity contribution >= 4 is 11.8 Å². The molecule has 0 saturated heterocycles. The maximum absolute atomic E-state index is 11.1. The van der Waals surface area contributed by atoms with Gasteiger partial charge in [0.2, 0.25) is 0 Å². The van der Waals surface area contributed by atoms with Gasteiger partial charge in [-0.2, -0.15) is 4.98 Å². The number of nitrogens with one attached hydrogen (secondary N) is 1. The highest BCUT2D eigenvalue weighted by molar-refractivity contribution is 7.99. The Morgan fingerprint density at radius 2 is 2.04 bits per heavy atom. The number of H-pyrrole nitrogens is 1. The van der Waals surface area contributed by atoms with Crippen LogP contribution in [0.25, 0.3) is 11.1 Å². The number of hydrogen-bond acceptors (Lipinski definition) is 4. The summed E-state index contributed by atoms with van der Waals surface area (Å²) < 4.78 is 4.67. The van der Waals surface area contributed by atoms with Crippen molar-refractivity contribution in [1.82, 2.24) is 10.1 Å². The summed E-state index contributed by atoms with van der Waals surface area (Å²) in [5.74, 6) is 0.960. The standard InChI is InChI=1S/C19H19N2O2S/c1-3-13-9-10-16(17(11-13)24-4-2)15-8-6-5-7-14(15)12-18-20-19(22)23-21-18/h3,5-11H,4,12H2,1-2H3,(H,20,21,22). The van der Waals surface area contributed by atoms with E-state index in [0.29, 0.717) is 12.2 Å². The summed E-state index contributed by atoms with van der Waals surface area (Å²) in [7, 11) is 0. The van der Waals surface area contributed by atoms with Crippen molar-refractivity contribution < 1.29 is 4.52 Å². The number of aromatic nitrogens is 2. The third-order valence-corrected chi connectivity index (χ3v) is 4.72. The van der Waals surface area contributed by atoms with Gasteiger partial charge in [0.1, 0.15) is 5.82 Å². The number of nitrogens with zero attached hydrogens (tertiary/aromatic N) is 1. The van der Waals surface area contributed by atoms with Crippen molar-refractivity contribution in [3.8, 4) is 11.1 Å². The van der Waals surface area contributed by atoms with Gasteiger partial charge in [0.15, 0.2) is 0 Å². The Bertz CT molecular complexity index is 883. The van der Waals surface area contributed by atoms with Gasteiger partial charge in [0.05, 0.1) is 0 Å². The highest BCUT2D eigenvalue weighted by Crippen LogP contribution is 2.35. The van der Waals surface area contributed by atoms with Crippen molar-refractivity contribution in [1.29, 1.82) is 0 Å². The second kappa shape index (κ2) is 7.53. The fourth-order valence-electron chi connectivity index (χ4n) is 2.67. The number of thioether (sulfide) groups is 1. The van der Waals surface area contributed by atoms with E-state index >= 15 is 0 Å². The Balaban J connectivity index is 2.04. The Labute approximate surface area is 145 Å². The van der Waals surface area contributed by atoms with E-state index in [9.17, 15) is 4.79 Å². The van der Waals surface area contributed by atoms with Crippen LogP contribution in [0.3, 0.4) is 0 Å². The predicted octanol–water partition coefficient (Wildman–Crippen LogP) is 4.30. The molecule has 0 spiro atoms. The molecule has 1 heterocycles. The van der Waals surface area contributed by atoms with Crippen LogP contribution >= 0.6 is 11.8 Å². The maximum atomic E-state index is 11.1. The lowest BCUT2D eigenvalue weighted by molar-refractivity contribution is 0.382. The van der Waals surface area contributed by atoms with Crippen molar-refractivity contribution in [3.63, 3.8) is 0 Å². The Hall–Kier alpha value is -2.27. The zero-order valence-electron chi connectivity index (χ0n) is 13.7. The third-order valence-electron chi connectivity index (χ3n) is 3.79. The first kappa shape index (κ1) is 16.6. The quantitative estimate of drug-likeness (QED) is 0.680. The molecule has 0 amide bonds. The summed E-state index contributed by atoms with van der Waals surface area (Å²) in [6, 6.07) is 14.7. The van der Waals surface area contributed by atoms with Crippen LogP contribution in [0.4, 0.5) is 0 Å². The van der Waals surface area contributed by atoms with Gasteiger partial charge < -0.3 is 4.52 Å². The van der Waals surface area contributed by atoms with Gasteiger partial charge in [-0.15, -0.1) is 11.8 Å². The molecule has 0 aliphatic carbocycles. The third kappa shape index (κ3) is 3.62. The van der Waals surface area contributed by atoms with E-state index in [1.54, 1.807) is 0 Å². The molecular weight excluding hydrogens is 320 g/mol. The molecule has 0 atom stereocenters. The van der Waals surface area contributed by atoms with Crippen molar-refractivity contribution in [2.45, 2.75) is 25.2 Å². The molecule has 1 N–H and O–H groups in total. The Morgan fingerprint density at radius 1 is 1.21 bits per heavy atom. The minimum absolute atomic E-state index is 0.528. The van der Waals surface area contributed by atoms with E-state index < -0.39 is 5.76 Å². The van der Waals surface area contributed by atoms with Crippen molar-refractivity contribution in [2.24, 2.45) is 0 Å². The van der Waals surface area contributed by atoms with Gasteiger partial charge in [0.25, 0.3) is 0 Å². The second-order valence-electron chi connectivity index (χ2n) is 5.34. The first-order valence-electron chi connectivity index (χ1n) is 7.90. The zero-order valence-corrected chi connectivity index (χ0v) is 14.5. The van der Waals surface area contributed by atoms with Gasteiger partial charge in [-0.1, -0.05) is 50.2 Å². The summed E-state index contributed by atoms with van der Waals surface area (Å²) in [5, 5.41) is 2.58. The lowest BCUT2D eigenvalue weighted by Crippen LogP contribution is -1.99. The van der Waals surface area contributed by atoms with Gasteiger partial charge in [-0.3, -0.25) is 0 Å². The van der Waals surface area contributed by atoms with Crippen molar-refractivity contribution in [2.75, 3.05) is 5.75 Å². The lowest BCUT2D eigenvalue weighted by Gasteiger charge is -2.14. The highest BCUT2D eigenvalue weighted by Gasteiger charge is 2.12. The molecule has 24 heavy (non-hydrogen) atoms. The monoisotopic (exact) mass is 339 g/mol. The molecule has 123 valence electrons. The maximum Gasteiger partial charge on any atom is 0.459 e. The molecule has 0 fully saturated rings.